The summed E-state index contributed by atoms with van der Waals surface area (Å²) in [6.45, 7) is 7.70. The van der Waals surface area contributed by atoms with Crippen LogP contribution in [-0.4, -0.2) is 21.7 Å². The topological polar surface area (TPSA) is 52.5 Å². The summed E-state index contributed by atoms with van der Waals surface area (Å²) in [7, 11) is 0. The van der Waals surface area contributed by atoms with Gasteiger partial charge in [-0.15, -0.1) is 0 Å². The van der Waals surface area contributed by atoms with Gasteiger partial charge in [-0.3, -0.25) is 5.32 Å². The van der Waals surface area contributed by atoms with Gasteiger partial charge in [0.05, 0.1) is 0 Å². The first-order chi connectivity index (χ1) is 7.96. The van der Waals surface area contributed by atoms with Crippen molar-refractivity contribution in [3.8, 4) is 0 Å². The molecular formula is C14H17NO2. The summed E-state index contributed by atoms with van der Waals surface area (Å²) >= 11 is 0. The molecule has 3 nitrogen and oxygen atoms in total. The maximum atomic E-state index is 10.4. The SMILES string of the molecule is [CH2]C1C=CC=CC1(O)NC1(O)C=CC=CC1[CH2]. The molecule has 3 N–H and O–H groups in total. The first-order valence-corrected chi connectivity index (χ1v) is 5.59. The summed E-state index contributed by atoms with van der Waals surface area (Å²) in [5, 5.41) is 23.7. The Hall–Kier alpha value is -1.16. The van der Waals surface area contributed by atoms with Crippen LogP contribution in [0.3, 0.4) is 0 Å². The second kappa shape index (κ2) is 4.26. The molecule has 3 heteroatoms. The molecule has 4 atom stereocenters. The zero-order valence-electron chi connectivity index (χ0n) is 9.58. The van der Waals surface area contributed by atoms with Crippen molar-refractivity contribution in [2.45, 2.75) is 11.4 Å². The smallest absolute Gasteiger partial charge is 0.144 e. The van der Waals surface area contributed by atoms with Gasteiger partial charge in [-0.1, -0.05) is 36.5 Å². The number of rotatable bonds is 2. The molecule has 0 spiro atoms. The molecule has 90 valence electrons. The predicted octanol–water partition coefficient (Wildman–Crippen LogP) is 1.11. The monoisotopic (exact) mass is 231 g/mol. The van der Waals surface area contributed by atoms with E-state index >= 15 is 0 Å². The van der Waals surface area contributed by atoms with Crippen LogP contribution >= 0.6 is 0 Å². The van der Waals surface area contributed by atoms with E-state index in [-0.39, 0.29) is 11.8 Å². The minimum Gasteiger partial charge on any atom is -0.371 e. The maximum absolute atomic E-state index is 10.4. The molecule has 17 heavy (non-hydrogen) atoms. The molecule has 0 fully saturated rings. The summed E-state index contributed by atoms with van der Waals surface area (Å²) in [6, 6.07) is 0. The summed E-state index contributed by atoms with van der Waals surface area (Å²) in [4.78, 5) is 0. The highest BCUT2D eigenvalue weighted by Crippen LogP contribution is 2.28. The second-order valence-electron chi connectivity index (χ2n) is 4.48. The van der Waals surface area contributed by atoms with Crippen molar-refractivity contribution in [2.24, 2.45) is 11.8 Å². The van der Waals surface area contributed by atoms with Crippen molar-refractivity contribution in [1.82, 2.24) is 5.32 Å². The van der Waals surface area contributed by atoms with E-state index in [0.717, 1.165) is 0 Å². The maximum Gasteiger partial charge on any atom is 0.144 e. The Bertz CT molecular complexity index is 372. The normalized spacial score (nSPS) is 44.2. The van der Waals surface area contributed by atoms with Crippen LogP contribution in [0.1, 0.15) is 0 Å². The number of aliphatic hydroxyl groups is 2. The lowest BCUT2D eigenvalue weighted by molar-refractivity contribution is -0.0776. The standard InChI is InChI=1S/C14H17NO2/c1-11-7-3-5-9-13(11,16)15-14(17)10-6-4-8-12(14)2/h3-12,15-17H,1-2H2. The van der Waals surface area contributed by atoms with Crippen LogP contribution in [0.4, 0.5) is 0 Å². The molecule has 0 aliphatic heterocycles. The first-order valence-electron chi connectivity index (χ1n) is 5.59. The van der Waals surface area contributed by atoms with Crippen molar-refractivity contribution in [2.75, 3.05) is 0 Å². The van der Waals surface area contributed by atoms with Crippen LogP contribution in [0.2, 0.25) is 0 Å². The third kappa shape index (κ3) is 2.27. The molecule has 2 rings (SSSR count). The van der Waals surface area contributed by atoms with Crippen molar-refractivity contribution >= 4 is 0 Å². The van der Waals surface area contributed by atoms with Gasteiger partial charge in [0.2, 0.25) is 0 Å². The van der Waals surface area contributed by atoms with Gasteiger partial charge in [0.15, 0.2) is 0 Å². The Kier molecular flexibility index (Phi) is 3.08. The summed E-state index contributed by atoms with van der Waals surface area (Å²) in [6.07, 6.45) is 13.8. The van der Waals surface area contributed by atoms with Crippen LogP contribution in [0.5, 0.6) is 0 Å². The Morgan fingerprint density at radius 3 is 1.59 bits per heavy atom. The molecule has 0 heterocycles. The fourth-order valence-electron chi connectivity index (χ4n) is 1.93. The summed E-state index contributed by atoms with van der Waals surface area (Å²) in [5.74, 6) is -0.744. The fourth-order valence-corrected chi connectivity index (χ4v) is 1.93. The molecule has 2 aliphatic carbocycles. The van der Waals surface area contributed by atoms with Crippen LogP contribution in [0.25, 0.3) is 0 Å². The molecule has 2 aliphatic rings. The Labute approximate surface area is 102 Å². The van der Waals surface area contributed by atoms with Gasteiger partial charge < -0.3 is 10.2 Å². The Morgan fingerprint density at radius 1 is 0.824 bits per heavy atom. The van der Waals surface area contributed by atoms with Gasteiger partial charge in [-0.05, 0) is 26.0 Å². The average Bonchev–Trinajstić information content (AvgIpc) is 2.27. The van der Waals surface area contributed by atoms with Crippen LogP contribution in [0.15, 0.2) is 48.6 Å². The van der Waals surface area contributed by atoms with Crippen molar-refractivity contribution in [3.05, 3.63) is 62.5 Å². The highest BCUT2D eigenvalue weighted by atomic mass is 16.3. The quantitative estimate of drug-likeness (QED) is 0.624. The van der Waals surface area contributed by atoms with E-state index in [1.54, 1.807) is 36.5 Å². The minimum absolute atomic E-state index is 0.372. The van der Waals surface area contributed by atoms with Crippen molar-refractivity contribution in [1.29, 1.82) is 0 Å². The number of hydrogen-bond acceptors (Lipinski definition) is 3. The molecule has 0 aromatic rings. The molecular weight excluding hydrogens is 214 g/mol. The van der Waals surface area contributed by atoms with Crippen LogP contribution in [-0.2, 0) is 0 Å². The molecule has 2 radical (unpaired) electrons. The highest BCUT2D eigenvalue weighted by molar-refractivity contribution is 5.27. The Morgan fingerprint density at radius 2 is 1.24 bits per heavy atom. The predicted molar refractivity (Wildman–Crippen MR) is 67.3 cm³/mol. The van der Waals surface area contributed by atoms with Gasteiger partial charge in [-0.2, -0.15) is 0 Å². The summed E-state index contributed by atoms with van der Waals surface area (Å²) in [5.41, 5.74) is -2.73. The third-order valence-electron chi connectivity index (χ3n) is 3.14. The molecule has 0 aromatic heterocycles. The van der Waals surface area contributed by atoms with Gasteiger partial charge >= 0.3 is 0 Å². The van der Waals surface area contributed by atoms with Gasteiger partial charge in [0.25, 0.3) is 0 Å². The average molecular weight is 231 g/mol. The minimum atomic E-state index is -1.37. The lowest BCUT2D eigenvalue weighted by Gasteiger charge is -2.42. The summed E-state index contributed by atoms with van der Waals surface area (Å²) < 4.78 is 0. The van der Waals surface area contributed by atoms with Gasteiger partial charge in [-0.25, -0.2) is 0 Å². The lowest BCUT2D eigenvalue weighted by atomic mass is 9.87. The van der Waals surface area contributed by atoms with E-state index in [2.05, 4.69) is 19.2 Å². The number of hydrogen-bond donors (Lipinski definition) is 3. The molecule has 4 unspecified atom stereocenters. The highest BCUT2D eigenvalue weighted by Gasteiger charge is 2.41. The molecule has 0 saturated carbocycles. The fraction of sp³-hybridized carbons (Fsp3) is 0.286. The van der Waals surface area contributed by atoms with Crippen LogP contribution < -0.4 is 5.32 Å². The zero-order valence-corrected chi connectivity index (χ0v) is 9.58. The third-order valence-corrected chi connectivity index (χ3v) is 3.14. The largest absolute Gasteiger partial charge is 0.371 e. The zero-order chi connectivity index (χ0) is 12.5. The Balaban J connectivity index is 2.20. The van der Waals surface area contributed by atoms with Crippen molar-refractivity contribution < 1.29 is 10.2 Å². The second-order valence-corrected chi connectivity index (χ2v) is 4.48. The molecule has 0 amide bonds. The van der Waals surface area contributed by atoms with E-state index in [9.17, 15) is 10.2 Å². The molecule has 0 saturated heterocycles. The van der Waals surface area contributed by atoms with E-state index in [0.29, 0.717) is 0 Å². The van der Waals surface area contributed by atoms with Gasteiger partial charge in [0.1, 0.15) is 11.4 Å². The van der Waals surface area contributed by atoms with E-state index in [4.69, 9.17) is 0 Å². The number of allylic oxidation sites excluding steroid dienone is 4. The molecule has 0 aromatic carbocycles. The van der Waals surface area contributed by atoms with E-state index < -0.39 is 11.4 Å². The lowest BCUT2D eigenvalue weighted by Crippen LogP contribution is -2.62. The van der Waals surface area contributed by atoms with Crippen molar-refractivity contribution in [3.63, 3.8) is 0 Å². The van der Waals surface area contributed by atoms with E-state index in [1.807, 2.05) is 12.2 Å². The first kappa shape index (κ1) is 12.3. The number of nitrogens with one attached hydrogen (secondary N) is 1. The van der Waals surface area contributed by atoms with E-state index in [1.165, 1.54) is 0 Å². The molecule has 0 bridgehead atoms. The van der Waals surface area contributed by atoms with Crippen LogP contribution in [0, 0.1) is 25.7 Å². The van der Waals surface area contributed by atoms with Gasteiger partial charge in [0, 0.05) is 11.8 Å².